The maximum atomic E-state index is 12.5. The minimum absolute atomic E-state index is 0.0326. The number of benzene rings is 1. The number of hydrogen-bond acceptors (Lipinski definition) is 5. The van der Waals surface area contributed by atoms with E-state index in [1.807, 2.05) is 13.1 Å². The van der Waals surface area contributed by atoms with E-state index in [9.17, 15) is 4.79 Å². The molecular formula is C21H29N5O. The molecule has 6 heteroatoms. The van der Waals surface area contributed by atoms with Crippen molar-refractivity contribution in [2.24, 2.45) is 0 Å². The molecule has 0 saturated carbocycles. The molecule has 0 unspecified atom stereocenters. The Bertz CT molecular complexity index is 728. The quantitative estimate of drug-likeness (QED) is 0.753. The molecule has 0 N–H and O–H groups in total. The highest BCUT2D eigenvalue weighted by Gasteiger charge is 2.21. The van der Waals surface area contributed by atoms with Crippen molar-refractivity contribution >= 4 is 11.9 Å². The lowest BCUT2D eigenvalue weighted by Crippen LogP contribution is -2.46. The highest BCUT2D eigenvalue weighted by molar-refractivity contribution is 5.92. The van der Waals surface area contributed by atoms with Gasteiger partial charge in [0.15, 0.2) is 0 Å². The SMILES string of the molecule is CCCCN(C)C(=O)c1ccnc(N2CCN(Cc3ccccc3)CC2)n1. The average molecular weight is 367 g/mol. The van der Waals surface area contributed by atoms with Gasteiger partial charge in [0, 0.05) is 52.5 Å². The molecule has 0 atom stereocenters. The van der Waals surface area contributed by atoms with Crippen LogP contribution in [0.5, 0.6) is 0 Å². The van der Waals surface area contributed by atoms with Gasteiger partial charge in [0.05, 0.1) is 0 Å². The van der Waals surface area contributed by atoms with Gasteiger partial charge in [-0.2, -0.15) is 0 Å². The smallest absolute Gasteiger partial charge is 0.272 e. The van der Waals surface area contributed by atoms with E-state index in [-0.39, 0.29) is 5.91 Å². The Balaban J connectivity index is 1.57. The average Bonchev–Trinajstić information content (AvgIpc) is 2.73. The molecule has 27 heavy (non-hydrogen) atoms. The summed E-state index contributed by atoms with van der Waals surface area (Å²) >= 11 is 0. The zero-order valence-corrected chi connectivity index (χ0v) is 16.3. The molecule has 1 amide bonds. The van der Waals surface area contributed by atoms with E-state index in [2.05, 4.69) is 51.0 Å². The van der Waals surface area contributed by atoms with Crippen molar-refractivity contribution in [1.29, 1.82) is 0 Å². The third-order valence-corrected chi connectivity index (χ3v) is 4.96. The van der Waals surface area contributed by atoms with Gasteiger partial charge in [-0.05, 0) is 18.1 Å². The van der Waals surface area contributed by atoms with E-state index >= 15 is 0 Å². The van der Waals surface area contributed by atoms with E-state index in [1.165, 1.54) is 5.56 Å². The Morgan fingerprint density at radius 1 is 1.11 bits per heavy atom. The van der Waals surface area contributed by atoms with Crippen molar-refractivity contribution in [2.75, 3.05) is 44.7 Å². The fourth-order valence-electron chi connectivity index (χ4n) is 3.26. The number of hydrogen-bond donors (Lipinski definition) is 0. The van der Waals surface area contributed by atoms with Crippen molar-refractivity contribution in [3.8, 4) is 0 Å². The first-order chi connectivity index (χ1) is 13.2. The van der Waals surface area contributed by atoms with Crippen LogP contribution in [0.4, 0.5) is 5.95 Å². The van der Waals surface area contributed by atoms with Gasteiger partial charge in [-0.3, -0.25) is 9.69 Å². The molecule has 1 aliphatic rings. The molecule has 0 radical (unpaired) electrons. The number of aromatic nitrogens is 2. The lowest BCUT2D eigenvalue weighted by molar-refractivity contribution is 0.0787. The summed E-state index contributed by atoms with van der Waals surface area (Å²) in [5.74, 6) is 0.624. The number of carbonyl (C=O) groups excluding carboxylic acids is 1. The molecule has 2 aromatic rings. The highest BCUT2D eigenvalue weighted by Crippen LogP contribution is 2.14. The largest absolute Gasteiger partial charge is 0.340 e. The maximum absolute atomic E-state index is 12.5. The fourth-order valence-corrected chi connectivity index (χ4v) is 3.26. The molecule has 0 aliphatic carbocycles. The lowest BCUT2D eigenvalue weighted by atomic mass is 10.2. The van der Waals surface area contributed by atoms with Gasteiger partial charge < -0.3 is 9.80 Å². The Hall–Kier alpha value is -2.47. The van der Waals surface area contributed by atoms with Crippen LogP contribution >= 0.6 is 0 Å². The van der Waals surface area contributed by atoms with Gasteiger partial charge in [-0.25, -0.2) is 9.97 Å². The zero-order valence-electron chi connectivity index (χ0n) is 16.3. The van der Waals surface area contributed by atoms with Crippen LogP contribution in [0.1, 0.15) is 35.8 Å². The summed E-state index contributed by atoms with van der Waals surface area (Å²) in [4.78, 5) is 27.8. The second-order valence-corrected chi connectivity index (χ2v) is 7.07. The van der Waals surface area contributed by atoms with Gasteiger partial charge in [-0.15, -0.1) is 0 Å². The molecule has 0 bridgehead atoms. The second kappa shape index (κ2) is 9.46. The summed E-state index contributed by atoms with van der Waals surface area (Å²) in [6.07, 6.45) is 3.77. The van der Waals surface area contributed by atoms with Crippen LogP contribution in [-0.2, 0) is 6.54 Å². The zero-order chi connectivity index (χ0) is 19.1. The molecule has 1 aliphatic heterocycles. The van der Waals surface area contributed by atoms with Crippen molar-refractivity contribution < 1.29 is 4.79 Å². The number of anilines is 1. The van der Waals surface area contributed by atoms with Gasteiger partial charge in [0.1, 0.15) is 5.69 Å². The molecule has 0 spiro atoms. The van der Waals surface area contributed by atoms with Crippen LogP contribution in [-0.4, -0.2) is 65.4 Å². The summed E-state index contributed by atoms with van der Waals surface area (Å²) in [6, 6.07) is 12.3. The summed E-state index contributed by atoms with van der Waals surface area (Å²) in [7, 11) is 1.84. The molecule has 144 valence electrons. The summed E-state index contributed by atoms with van der Waals surface area (Å²) in [6.45, 7) is 7.52. The van der Waals surface area contributed by atoms with Crippen LogP contribution in [0.15, 0.2) is 42.6 Å². The van der Waals surface area contributed by atoms with Gasteiger partial charge in [0.2, 0.25) is 5.95 Å². The molecule has 2 heterocycles. The second-order valence-electron chi connectivity index (χ2n) is 7.07. The first-order valence-corrected chi connectivity index (χ1v) is 9.77. The Labute approximate surface area is 161 Å². The molecule has 1 saturated heterocycles. The summed E-state index contributed by atoms with van der Waals surface area (Å²) < 4.78 is 0. The number of piperazine rings is 1. The number of carbonyl (C=O) groups is 1. The van der Waals surface area contributed by atoms with E-state index < -0.39 is 0 Å². The minimum Gasteiger partial charge on any atom is -0.340 e. The Kier molecular flexibility index (Phi) is 6.76. The fraction of sp³-hybridized carbons (Fsp3) is 0.476. The molecule has 1 aromatic heterocycles. The Morgan fingerprint density at radius 3 is 2.56 bits per heavy atom. The van der Waals surface area contributed by atoms with E-state index in [0.29, 0.717) is 11.6 Å². The maximum Gasteiger partial charge on any atom is 0.272 e. The first-order valence-electron chi connectivity index (χ1n) is 9.77. The van der Waals surface area contributed by atoms with E-state index in [0.717, 1.165) is 52.1 Å². The first kappa shape index (κ1) is 19.3. The van der Waals surface area contributed by atoms with E-state index in [1.54, 1.807) is 17.2 Å². The lowest BCUT2D eigenvalue weighted by Gasteiger charge is -2.34. The van der Waals surface area contributed by atoms with Crippen molar-refractivity contribution in [3.05, 3.63) is 53.9 Å². The van der Waals surface area contributed by atoms with Crippen LogP contribution in [0.25, 0.3) is 0 Å². The van der Waals surface area contributed by atoms with Crippen LogP contribution in [0, 0.1) is 0 Å². The van der Waals surface area contributed by atoms with Crippen molar-refractivity contribution in [2.45, 2.75) is 26.3 Å². The standard InChI is InChI=1S/C21H29N5O/c1-3-4-12-24(2)20(27)19-10-11-22-21(23-19)26-15-13-25(14-16-26)17-18-8-6-5-7-9-18/h5-11H,3-4,12-17H2,1-2H3. The predicted molar refractivity (Wildman–Crippen MR) is 108 cm³/mol. The highest BCUT2D eigenvalue weighted by atomic mass is 16.2. The molecule has 6 nitrogen and oxygen atoms in total. The molecule has 3 rings (SSSR count). The molecule has 1 aromatic carbocycles. The molecule has 1 fully saturated rings. The molecular weight excluding hydrogens is 338 g/mol. The number of unbranched alkanes of at least 4 members (excludes halogenated alkanes) is 1. The Morgan fingerprint density at radius 2 is 1.85 bits per heavy atom. The predicted octanol–water partition coefficient (Wildman–Crippen LogP) is 2.67. The van der Waals surface area contributed by atoms with Gasteiger partial charge in [0.25, 0.3) is 5.91 Å². The third kappa shape index (κ3) is 5.26. The number of amides is 1. The number of rotatable bonds is 7. The normalized spacial score (nSPS) is 15.0. The monoisotopic (exact) mass is 367 g/mol. The summed E-state index contributed by atoms with van der Waals surface area (Å²) in [5, 5.41) is 0. The topological polar surface area (TPSA) is 52.6 Å². The van der Waals surface area contributed by atoms with Gasteiger partial charge in [-0.1, -0.05) is 43.7 Å². The summed E-state index contributed by atoms with van der Waals surface area (Å²) in [5.41, 5.74) is 1.82. The third-order valence-electron chi connectivity index (χ3n) is 4.96. The van der Waals surface area contributed by atoms with Crippen molar-refractivity contribution in [1.82, 2.24) is 19.8 Å². The van der Waals surface area contributed by atoms with Crippen LogP contribution < -0.4 is 4.90 Å². The van der Waals surface area contributed by atoms with Gasteiger partial charge >= 0.3 is 0 Å². The van der Waals surface area contributed by atoms with Crippen LogP contribution in [0.3, 0.4) is 0 Å². The van der Waals surface area contributed by atoms with Crippen LogP contribution in [0.2, 0.25) is 0 Å². The van der Waals surface area contributed by atoms with E-state index in [4.69, 9.17) is 0 Å². The van der Waals surface area contributed by atoms with Crippen molar-refractivity contribution in [3.63, 3.8) is 0 Å². The number of nitrogens with zero attached hydrogens (tertiary/aromatic N) is 5. The minimum atomic E-state index is -0.0326.